The van der Waals surface area contributed by atoms with Crippen LogP contribution in [-0.2, 0) is 0 Å². The molecule has 1 N–H and O–H groups in total. The summed E-state index contributed by atoms with van der Waals surface area (Å²) in [6.45, 7) is 5.21. The standard InChI is InChI=1S/C18H18F3N5O2/c1-8-6-13(14-9(2)28-10(3)23-14)24-16-12(7-22-26(8)16)17(27)25-15(11-4-5-11)18(19,20)21/h6-7,11,15H,4-5H2,1-3H3,(H,25,27). The van der Waals surface area contributed by atoms with Gasteiger partial charge in [-0.2, -0.15) is 18.3 Å². The first-order valence-electron chi connectivity index (χ1n) is 8.82. The predicted octanol–water partition coefficient (Wildman–Crippen LogP) is 3.38. The van der Waals surface area contributed by atoms with Crippen molar-refractivity contribution in [2.75, 3.05) is 0 Å². The lowest BCUT2D eigenvalue weighted by Gasteiger charge is -2.20. The first-order valence-corrected chi connectivity index (χ1v) is 8.82. The highest BCUT2D eigenvalue weighted by atomic mass is 19.4. The smallest absolute Gasteiger partial charge is 0.408 e. The van der Waals surface area contributed by atoms with E-state index >= 15 is 0 Å². The summed E-state index contributed by atoms with van der Waals surface area (Å²) in [5, 5.41) is 6.22. The van der Waals surface area contributed by atoms with Crippen molar-refractivity contribution in [2.24, 2.45) is 5.92 Å². The normalized spacial score (nSPS) is 15.8. The summed E-state index contributed by atoms with van der Waals surface area (Å²) >= 11 is 0. The molecule has 0 bridgehead atoms. The lowest BCUT2D eigenvalue weighted by atomic mass is 10.1. The fourth-order valence-electron chi connectivity index (χ4n) is 3.28. The maximum absolute atomic E-state index is 13.3. The molecule has 1 aliphatic carbocycles. The lowest BCUT2D eigenvalue weighted by Crippen LogP contribution is -2.46. The molecule has 3 heterocycles. The summed E-state index contributed by atoms with van der Waals surface area (Å²) in [7, 11) is 0. The summed E-state index contributed by atoms with van der Waals surface area (Å²) in [4.78, 5) is 21.3. The van der Waals surface area contributed by atoms with Crippen LogP contribution in [0.5, 0.6) is 0 Å². The molecule has 1 aliphatic rings. The van der Waals surface area contributed by atoms with E-state index in [1.165, 1.54) is 10.7 Å². The molecule has 10 heteroatoms. The molecule has 1 amide bonds. The summed E-state index contributed by atoms with van der Waals surface area (Å²) in [5.41, 5.74) is 1.79. The van der Waals surface area contributed by atoms with Crippen molar-refractivity contribution >= 4 is 11.6 Å². The number of amides is 1. The van der Waals surface area contributed by atoms with Gasteiger partial charge in [-0.1, -0.05) is 0 Å². The van der Waals surface area contributed by atoms with Gasteiger partial charge < -0.3 is 9.73 Å². The molecule has 0 aromatic carbocycles. The maximum Gasteiger partial charge on any atom is 0.408 e. The average molecular weight is 393 g/mol. The van der Waals surface area contributed by atoms with Crippen LogP contribution in [0.25, 0.3) is 17.0 Å². The molecule has 0 saturated heterocycles. The molecule has 1 fully saturated rings. The monoisotopic (exact) mass is 393 g/mol. The first-order chi connectivity index (χ1) is 13.1. The van der Waals surface area contributed by atoms with Crippen molar-refractivity contribution in [1.29, 1.82) is 0 Å². The Labute approximate surface area is 158 Å². The number of nitrogens with zero attached hydrogens (tertiary/aromatic N) is 4. The van der Waals surface area contributed by atoms with Gasteiger partial charge in [-0.3, -0.25) is 4.79 Å². The van der Waals surface area contributed by atoms with Crippen LogP contribution in [-0.4, -0.2) is 37.7 Å². The van der Waals surface area contributed by atoms with E-state index in [4.69, 9.17) is 4.42 Å². The zero-order chi connectivity index (χ0) is 20.2. The van der Waals surface area contributed by atoms with Crippen LogP contribution in [0.1, 0.15) is 40.5 Å². The summed E-state index contributed by atoms with van der Waals surface area (Å²) in [5.74, 6) is -0.390. The van der Waals surface area contributed by atoms with Gasteiger partial charge in [0.1, 0.15) is 23.1 Å². The third-order valence-corrected chi connectivity index (χ3v) is 4.77. The van der Waals surface area contributed by atoms with E-state index in [1.807, 2.05) is 0 Å². The van der Waals surface area contributed by atoms with E-state index in [0.29, 0.717) is 41.6 Å². The molecular formula is C18H18F3N5O2. The number of fused-ring (bicyclic) bond motifs is 1. The Kier molecular flexibility index (Phi) is 4.16. The summed E-state index contributed by atoms with van der Waals surface area (Å²) in [6.07, 6.45) is -2.36. The van der Waals surface area contributed by atoms with Crippen molar-refractivity contribution in [3.63, 3.8) is 0 Å². The number of hydrogen-bond donors (Lipinski definition) is 1. The Morgan fingerprint density at radius 3 is 2.57 bits per heavy atom. The summed E-state index contributed by atoms with van der Waals surface area (Å²) < 4.78 is 46.6. The zero-order valence-corrected chi connectivity index (χ0v) is 15.5. The van der Waals surface area contributed by atoms with Crippen molar-refractivity contribution in [3.05, 3.63) is 35.2 Å². The van der Waals surface area contributed by atoms with E-state index in [0.717, 1.165) is 0 Å². The van der Waals surface area contributed by atoms with Crippen LogP contribution < -0.4 is 5.32 Å². The van der Waals surface area contributed by atoms with Crippen LogP contribution in [0.3, 0.4) is 0 Å². The number of aromatic nitrogens is 4. The number of hydrogen-bond acceptors (Lipinski definition) is 5. The van der Waals surface area contributed by atoms with Crippen LogP contribution in [0.4, 0.5) is 13.2 Å². The van der Waals surface area contributed by atoms with E-state index < -0.39 is 24.0 Å². The Balaban J connectivity index is 1.73. The largest absolute Gasteiger partial charge is 0.446 e. The minimum atomic E-state index is -4.50. The molecule has 4 rings (SSSR count). The number of aryl methyl sites for hydroxylation is 3. The average Bonchev–Trinajstić information content (AvgIpc) is 3.24. The van der Waals surface area contributed by atoms with Gasteiger partial charge in [-0.15, -0.1) is 0 Å². The molecule has 28 heavy (non-hydrogen) atoms. The van der Waals surface area contributed by atoms with E-state index in [9.17, 15) is 18.0 Å². The van der Waals surface area contributed by atoms with Crippen LogP contribution in [0, 0.1) is 26.7 Å². The second-order valence-corrected chi connectivity index (χ2v) is 7.04. The number of oxazole rings is 1. The Morgan fingerprint density at radius 2 is 2.00 bits per heavy atom. The quantitative estimate of drug-likeness (QED) is 0.735. The minimum Gasteiger partial charge on any atom is -0.446 e. The molecule has 3 aromatic rings. The van der Waals surface area contributed by atoms with Gasteiger partial charge in [0, 0.05) is 12.6 Å². The van der Waals surface area contributed by atoms with Gasteiger partial charge in [0.25, 0.3) is 5.91 Å². The fraction of sp³-hybridized carbons (Fsp3) is 0.444. The van der Waals surface area contributed by atoms with Crippen molar-refractivity contribution in [1.82, 2.24) is 24.9 Å². The molecule has 0 aliphatic heterocycles. The second kappa shape index (κ2) is 6.32. The maximum atomic E-state index is 13.3. The molecule has 1 atom stereocenters. The molecule has 0 radical (unpaired) electrons. The third kappa shape index (κ3) is 3.23. The molecule has 148 valence electrons. The number of nitrogens with one attached hydrogen (secondary N) is 1. The van der Waals surface area contributed by atoms with Gasteiger partial charge in [0.05, 0.1) is 11.9 Å². The van der Waals surface area contributed by atoms with Crippen LogP contribution in [0.15, 0.2) is 16.7 Å². The topological polar surface area (TPSA) is 85.3 Å². The lowest BCUT2D eigenvalue weighted by molar-refractivity contribution is -0.158. The minimum absolute atomic E-state index is 0.0160. The summed E-state index contributed by atoms with van der Waals surface area (Å²) in [6, 6.07) is -0.131. The Hall–Kier alpha value is -2.91. The molecule has 1 saturated carbocycles. The van der Waals surface area contributed by atoms with Crippen molar-refractivity contribution in [2.45, 2.75) is 45.8 Å². The van der Waals surface area contributed by atoms with E-state index in [1.54, 1.807) is 26.8 Å². The highest BCUT2D eigenvalue weighted by Gasteiger charge is 2.49. The van der Waals surface area contributed by atoms with Crippen LogP contribution >= 0.6 is 0 Å². The Bertz CT molecular complexity index is 1070. The highest BCUT2D eigenvalue weighted by molar-refractivity contribution is 6.00. The predicted molar refractivity (Wildman–Crippen MR) is 92.7 cm³/mol. The molecule has 7 nitrogen and oxygen atoms in total. The van der Waals surface area contributed by atoms with E-state index in [2.05, 4.69) is 20.4 Å². The molecular weight excluding hydrogens is 375 g/mol. The third-order valence-electron chi connectivity index (χ3n) is 4.77. The SMILES string of the molecule is Cc1nc(-c2cc(C)n3ncc(C(=O)NC(C4CC4)C(F)(F)F)c3n2)c(C)o1. The van der Waals surface area contributed by atoms with Gasteiger partial charge >= 0.3 is 6.18 Å². The molecule has 3 aromatic heterocycles. The second-order valence-electron chi connectivity index (χ2n) is 7.04. The fourth-order valence-corrected chi connectivity index (χ4v) is 3.28. The number of carbonyl (C=O) groups is 1. The van der Waals surface area contributed by atoms with Crippen LogP contribution in [0.2, 0.25) is 0 Å². The highest BCUT2D eigenvalue weighted by Crippen LogP contribution is 2.40. The number of rotatable bonds is 4. The molecule has 1 unspecified atom stereocenters. The van der Waals surface area contributed by atoms with Crippen molar-refractivity contribution < 1.29 is 22.4 Å². The first kappa shape index (κ1) is 18.5. The van der Waals surface area contributed by atoms with Crippen molar-refractivity contribution in [3.8, 4) is 11.4 Å². The van der Waals surface area contributed by atoms with Gasteiger partial charge in [-0.05, 0) is 38.7 Å². The zero-order valence-electron chi connectivity index (χ0n) is 15.5. The Morgan fingerprint density at radius 1 is 1.29 bits per heavy atom. The van der Waals surface area contributed by atoms with Gasteiger partial charge in [-0.25, -0.2) is 14.5 Å². The number of alkyl halides is 3. The number of halogens is 3. The molecule has 0 spiro atoms. The van der Waals surface area contributed by atoms with E-state index in [-0.39, 0.29) is 11.2 Å². The van der Waals surface area contributed by atoms with Gasteiger partial charge in [0.15, 0.2) is 11.5 Å². The van der Waals surface area contributed by atoms with Gasteiger partial charge in [0.2, 0.25) is 0 Å². The number of carbonyl (C=O) groups excluding carboxylic acids is 1.